The number of rotatable bonds is 46. The maximum absolute atomic E-state index is 13.3. The number of unbranched alkanes of at least 4 members (excludes halogenated alkanes) is 30. The van der Waals surface area contributed by atoms with Crippen LogP contribution in [0.25, 0.3) is 0 Å². The van der Waals surface area contributed by atoms with Crippen LogP contribution in [0.5, 0.6) is 0 Å². The lowest BCUT2D eigenvalue weighted by atomic mass is 9.99. The first-order chi connectivity index (χ1) is 32.2. The Kier molecular flexibility index (Phi) is 41.8. The van der Waals surface area contributed by atoms with Crippen LogP contribution in [0, 0.1) is 0 Å². The van der Waals surface area contributed by atoms with Gasteiger partial charge in [-0.2, -0.15) is 0 Å². The molecule has 0 aliphatic carbocycles. The smallest absolute Gasteiger partial charge is 0.306 e. The number of aliphatic hydroxyl groups is 5. The van der Waals surface area contributed by atoms with Gasteiger partial charge in [-0.1, -0.05) is 218 Å². The van der Waals surface area contributed by atoms with Gasteiger partial charge in [0.05, 0.1) is 25.4 Å². The monoisotopic (exact) mass is 938 g/mol. The summed E-state index contributed by atoms with van der Waals surface area (Å²) in [7, 11) is 0. The third kappa shape index (κ3) is 32.8. The fraction of sp³-hybridized carbons (Fsp3) is 0.891. The third-order valence-corrected chi connectivity index (χ3v) is 13.1. The second-order valence-corrected chi connectivity index (χ2v) is 19.3. The molecule has 8 atom stereocenters. The maximum atomic E-state index is 13.3. The molecule has 388 valence electrons. The van der Waals surface area contributed by atoms with Gasteiger partial charge in [0, 0.05) is 6.42 Å². The van der Waals surface area contributed by atoms with Crippen molar-refractivity contribution < 1.29 is 49.3 Å². The summed E-state index contributed by atoms with van der Waals surface area (Å²) in [5.74, 6) is -1.21. The number of nitrogens with one attached hydrogen (secondary N) is 1. The highest BCUT2D eigenvalue weighted by atomic mass is 16.7. The SMILES string of the molecule is CCCCCCCCC/C=C\CCCCCC(=O)OC1C(OCC(NC(=O)C(O)CCCCCCCCCCCC)C(O)/C=C/CCCCCCCCCCCCC)OC(CO)C(O)C1O. The Morgan fingerprint density at radius 2 is 1.00 bits per heavy atom. The summed E-state index contributed by atoms with van der Waals surface area (Å²) in [6, 6.07) is -1.02. The lowest BCUT2D eigenvalue weighted by Crippen LogP contribution is -2.61. The van der Waals surface area contributed by atoms with E-state index in [2.05, 4.69) is 38.2 Å². The first kappa shape index (κ1) is 62.2. The number of allylic oxidation sites excluding steroid dienone is 3. The summed E-state index contributed by atoms with van der Waals surface area (Å²) in [4.78, 5) is 26.3. The number of carbonyl (C=O) groups is 2. The third-order valence-electron chi connectivity index (χ3n) is 13.1. The van der Waals surface area contributed by atoms with Gasteiger partial charge in [0.15, 0.2) is 12.4 Å². The number of amides is 1. The van der Waals surface area contributed by atoms with Crippen LogP contribution in [0.15, 0.2) is 24.3 Å². The number of aliphatic hydroxyl groups excluding tert-OH is 5. The van der Waals surface area contributed by atoms with Crippen LogP contribution >= 0.6 is 0 Å². The van der Waals surface area contributed by atoms with Gasteiger partial charge in [-0.3, -0.25) is 9.59 Å². The van der Waals surface area contributed by atoms with E-state index in [1.54, 1.807) is 6.08 Å². The van der Waals surface area contributed by atoms with Crippen LogP contribution < -0.4 is 5.32 Å². The van der Waals surface area contributed by atoms with Crippen molar-refractivity contribution in [3.63, 3.8) is 0 Å². The molecule has 1 saturated heterocycles. The molecule has 6 N–H and O–H groups in total. The molecule has 0 radical (unpaired) electrons. The van der Waals surface area contributed by atoms with E-state index in [-0.39, 0.29) is 13.0 Å². The fourth-order valence-electron chi connectivity index (χ4n) is 8.65. The van der Waals surface area contributed by atoms with Crippen LogP contribution in [0.4, 0.5) is 0 Å². The summed E-state index contributed by atoms with van der Waals surface area (Å²) in [5, 5.41) is 56.6. The van der Waals surface area contributed by atoms with Gasteiger partial charge in [-0.25, -0.2) is 0 Å². The molecule has 1 rings (SSSR count). The molecule has 1 amide bonds. The van der Waals surface area contributed by atoms with Crippen molar-refractivity contribution in [2.45, 2.75) is 301 Å². The molecule has 0 aromatic heterocycles. The van der Waals surface area contributed by atoms with Gasteiger partial charge in [-0.05, 0) is 51.4 Å². The van der Waals surface area contributed by atoms with Crippen LogP contribution in [0.2, 0.25) is 0 Å². The Morgan fingerprint density at radius 1 is 0.576 bits per heavy atom. The zero-order chi connectivity index (χ0) is 48.3. The first-order valence-corrected chi connectivity index (χ1v) is 27.6. The predicted molar refractivity (Wildman–Crippen MR) is 269 cm³/mol. The molecule has 1 aliphatic rings. The molecule has 0 aromatic rings. The number of esters is 1. The zero-order valence-corrected chi connectivity index (χ0v) is 42.6. The molecule has 11 nitrogen and oxygen atoms in total. The van der Waals surface area contributed by atoms with E-state index in [4.69, 9.17) is 14.2 Å². The van der Waals surface area contributed by atoms with Crippen molar-refractivity contribution in [3.8, 4) is 0 Å². The summed E-state index contributed by atoms with van der Waals surface area (Å²) >= 11 is 0. The number of hydrogen-bond acceptors (Lipinski definition) is 10. The van der Waals surface area contributed by atoms with Crippen molar-refractivity contribution in [2.24, 2.45) is 0 Å². The number of carbonyl (C=O) groups excluding carboxylic acids is 2. The largest absolute Gasteiger partial charge is 0.454 e. The van der Waals surface area contributed by atoms with Gasteiger partial charge in [0.1, 0.15) is 24.4 Å². The molecule has 8 unspecified atom stereocenters. The van der Waals surface area contributed by atoms with E-state index in [1.165, 1.54) is 141 Å². The summed E-state index contributed by atoms with van der Waals surface area (Å²) < 4.78 is 17.5. The van der Waals surface area contributed by atoms with Crippen molar-refractivity contribution in [1.82, 2.24) is 5.32 Å². The molecule has 1 heterocycles. The van der Waals surface area contributed by atoms with Crippen molar-refractivity contribution in [2.75, 3.05) is 13.2 Å². The Bertz CT molecular complexity index is 1170. The molecule has 1 aliphatic heterocycles. The van der Waals surface area contributed by atoms with Crippen LogP contribution in [0.1, 0.15) is 252 Å². The van der Waals surface area contributed by atoms with E-state index in [0.29, 0.717) is 19.3 Å². The Labute approximate surface area is 403 Å². The molecule has 0 saturated carbocycles. The van der Waals surface area contributed by atoms with Gasteiger partial charge < -0.3 is 45.1 Å². The van der Waals surface area contributed by atoms with E-state index in [9.17, 15) is 35.1 Å². The molecule has 11 heteroatoms. The Hall–Kier alpha value is -1.86. The molecular formula is C55H103NO10. The number of ether oxygens (including phenoxy) is 3. The van der Waals surface area contributed by atoms with Crippen molar-refractivity contribution in [3.05, 3.63) is 24.3 Å². The zero-order valence-electron chi connectivity index (χ0n) is 42.6. The lowest BCUT2D eigenvalue weighted by molar-refractivity contribution is -0.305. The van der Waals surface area contributed by atoms with Gasteiger partial charge in [0.25, 0.3) is 0 Å². The first-order valence-electron chi connectivity index (χ1n) is 27.6. The minimum atomic E-state index is -1.61. The number of hydrogen-bond donors (Lipinski definition) is 6. The highest BCUT2D eigenvalue weighted by Gasteiger charge is 2.47. The van der Waals surface area contributed by atoms with E-state index in [0.717, 1.165) is 64.2 Å². The molecule has 66 heavy (non-hydrogen) atoms. The van der Waals surface area contributed by atoms with Gasteiger partial charge in [0.2, 0.25) is 5.91 Å². The minimum Gasteiger partial charge on any atom is -0.454 e. The summed E-state index contributed by atoms with van der Waals surface area (Å²) in [6.45, 7) is 5.75. The van der Waals surface area contributed by atoms with Gasteiger partial charge >= 0.3 is 5.97 Å². The van der Waals surface area contributed by atoms with Gasteiger partial charge in [-0.15, -0.1) is 0 Å². The Balaban J connectivity index is 2.76. The van der Waals surface area contributed by atoms with Crippen molar-refractivity contribution in [1.29, 1.82) is 0 Å². The van der Waals surface area contributed by atoms with Crippen LogP contribution in [-0.2, 0) is 23.8 Å². The Morgan fingerprint density at radius 3 is 1.47 bits per heavy atom. The van der Waals surface area contributed by atoms with E-state index >= 15 is 0 Å². The van der Waals surface area contributed by atoms with Crippen molar-refractivity contribution >= 4 is 11.9 Å². The molecule has 0 spiro atoms. The normalized spacial score (nSPS) is 20.3. The average Bonchev–Trinajstić information content (AvgIpc) is 3.31. The second kappa shape index (κ2) is 44.4. The summed E-state index contributed by atoms with van der Waals surface area (Å²) in [6.07, 6.45) is 38.0. The second-order valence-electron chi connectivity index (χ2n) is 19.3. The molecule has 0 bridgehead atoms. The average molecular weight is 938 g/mol. The van der Waals surface area contributed by atoms with Crippen LogP contribution in [0.3, 0.4) is 0 Å². The highest BCUT2D eigenvalue weighted by Crippen LogP contribution is 2.26. The minimum absolute atomic E-state index is 0.107. The summed E-state index contributed by atoms with van der Waals surface area (Å²) in [5.41, 5.74) is 0. The van der Waals surface area contributed by atoms with E-state index in [1.807, 2.05) is 6.08 Å². The molecule has 1 fully saturated rings. The highest BCUT2D eigenvalue weighted by molar-refractivity contribution is 5.80. The standard InChI is InChI=1S/C55H103NO10/c1-4-7-10-13-16-19-22-24-26-28-31-34-37-40-43-50(60)66-53-52(62)51(61)49(44-57)65-55(53)64-45-46(47(58)41-38-35-32-30-27-25-23-20-17-14-11-8-5-2)56-54(63)48(59)42-39-36-33-29-21-18-15-12-9-6-3/h26,28,38,41,46-49,51-53,55,57-59,61-62H,4-25,27,29-37,39-40,42-45H2,1-3H3,(H,56,63)/b28-26-,41-38+. The topological polar surface area (TPSA) is 175 Å². The molecule has 0 aromatic carbocycles. The fourth-order valence-corrected chi connectivity index (χ4v) is 8.65. The van der Waals surface area contributed by atoms with Crippen LogP contribution in [-0.4, -0.2) is 99.6 Å². The lowest BCUT2D eigenvalue weighted by Gasteiger charge is -2.41. The van der Waals surface area contributed by atoms with E-state index < -0.39 is 67.4 Å². The predicted octanol–water partition coefficient (Wildman–Crippen LogP) is 11.8. The quantitative estimate of drug-likeness (QED) is 0.0196. The maximum Gasteiger partial charge on any atom is 0.306 e. The molecular weight excluding hydrogens is 835 g/mol.